The van der Waals surface area contributed by atoms with Gasteiger partial charge in [-0.2, -0.15) is 0 Å². The smallest absolute Gasteiger partial charge is 0.399 e. The van der Waals surface area contributed by atoms with E-state index in [1.165, 1.54) is 5.56 Å². The van der Waals surface area contributed by atoms with Gasteiger partial charge in [0.15, 0.2) is 0 Å². The monoisotopic (exact) mass is 465 g/mol. The summed E-state index contributed by atoms with van der Waals surface area (Å²) in [5.74, 6) is 0.199. The molecule has 1 amide bonds. The molecule has 2 aromatic rings. The van der Waals surface area contributed by atoms with Crippen molar-refractivity contribution in [2.24, 2.45) is 5.92 Å². The summed E-state index contributed by atoms with van der Waals surface area (Å²) in [6, 6.07) is 15.4. The van der Waals surface area contributed by atoms with E-state index in [1.807, 2.05) is 77.9 Å². The van der Waals surface area contributed by atoms with Gasteiger partial charge in [-0.25, -0.2) is 0 Å². The van der Waals surface area contributed by atoms with Gasteiger partial charge >= 0.3 is 7.12 Å². The molecule has 1 aliphatic heterocycles. The van der Waals surface area contributed by atoms with E-state index in [1.54, 1.807) is 0 Å². The van der Waals surface area contributed by atoms with Crippen LogP contribution in [0.1, 0.15) is 84.1 Å². The van der Waals surface area contributed by atoms with Crippen LogP contribution in [0.4, 0.5) is 0 Å². The lowest BCUT2D eigenvalue weighted by Crippen LogP contribution is -2.41. The Morgan fingerprint density at radius 3 is 1.88 bits per heavy atom. The van der Waals surface area contributed by atoms with Crippen molar-refractivity contribution in [1.29, 1.82) is 0 Å². The van der Waals surface area contributed by atoms with Gasteiger partial charge in [-0.1, -0.05) is 62.4 Å². The molecule has 3 unspecified atom stereocenters. The van der Waals surface area contributed by atoms with E-state index in [9.17, 15) is 9.90 Å². The van der Waals surface area contributed by atoms with Crippen LogP contribution in [0.5, 0.6) is 0 Å². The van der Waals surface area contributed by atoms with Crippen LogP contribution in [0, 0.1) is 5.92 Å². The van der Waals surface area contributed by atoms with E-state index in [4.69, 9.17) is 9.31 Å². The first-order chi connectivity index (χ1) is 15.8. The molecule has 6 heteroatoms. The summed E-state index contributed by atoms with van der Waals surface area (Å²) in [7, 11) is -0.443. The van der Waals surface area contributed by atoms with Crippen molar-refractivity contribution in [3.63, 3.8) is 0 Å². The lowest BCUT2D eigenvalue weighted by molar-refractivity contribution is -0.123. The van der Waals surface area contributed by atoms with Gasteiger partial charge in [0, 0.05) is 0 Å². The molecular weight excluding hydrogens is 425 g/mol. The minimum atomic E-state index is -0.822. The number of amides is 1. The van der Waals surface area contributed by atoms with Gasteiger partial charge in [-0.3, -0.25) is 4.79 Å². The third-order valence-corrected chi connectivity index (χ3v) is 7.16. The first-order valence-corrected chi connectivity index (χ1v) is 12.3. The lowest BCUT2D eigenvalue weighted by atomic mass is 9.78. The number of hydrogen-bond donors (Lipinski definition) is 2. The number of aliphatic hydroxyl groups excluding tert-OH is 1. The number of nitrogens with one attached hydrogen (secondary N) is 1. The van der Waals surface area contributed by atoms with Crippen molar-refractivity contribution in [2.75, 3.05) is 0 Å². The van der Waals surface area contributed by atoms with Crippen LogP contribution in [0.25, 0.3) is 0 Å². The maximum Gasteiger partial charge on any atom is 0.494 e. The molecule has 0 aliphatic carbocycles. The van der Waals surface area contributed by atoms with Gasteiger partial charge < -0.3 is 19.7 Å². The highest BCUT2D eigenvalue weighted by Gasteiger charge is 2.51. The van der Waals surface area contributed by atoms with Gasteiger partial charge in [0.1, 0.15) is 0 Å². The topological polar surface area (TPSA) is 67.8 Å². The summed E-state index contributed by atoms with van der Waals surface area (Å²) >= 11 is 0. The Hall–Kier alpha value is -2.15. The molecule has 184 valence electrons. The second kappa shape index (κ2) is 10.2. The van der Waals surface area contributed by atoms with E-state index in [0.717, 1.165) is 23.0 Å². The van der Waals surface area contributed by atoms with Gasteiger partial charge in [0.2, 0.25) is 5.91 Å². The molecule has 5 nitrogen and oxygen atoms in total. The molecule has 2 aromatic carbocycles. The number of rotatable bonds is 8. The summed E-state index contributed by atoms with van der Waals surface area (Å²) < 4.78 is 12.2. The van der Waals surface area contributed by atoms with E-state index < -0.39 is 30.5 Å². The van der Waals surface area contributed by atoms with Crippen LogP contribution in [-0.2, 0) is 20.5 Å². The minimum absolute atomic E-state index is 0.100. The molecule has 34 heavy (non-hydrogen) atoms. The third-order valence-electron chi connectivity index (χ3n) is 7.16. The van der Waals surface area contributed by atoms with E-state index in [0.29, 0.717) is 5.92 Å². The molecule has 0 radical (unpaired) electrons. The molecule has 1 saturated heterocycles. The van der Waals surface area contributed by atoms with Crippen molar-refractivity contribution >= 4 is 18.5 Å². The van der Waals surface area contributed by atoms with Crippen molar-refractivity contribution in [3.8, 4) is 0 Å². The van der Waals surface area contributed by atoms with Crippen molar-refractivity contribution < 1.29 is 19.2 Å². The summed E-state index contributed by atoms with van der Waals surface area (Å²) in [5.41, 5.74) is 3.08. The zero-order chi connectivity index (χ0) is 25.3. The predicted octanol–water partition coefficient (Wildman–Crippen LogP) is 4.53. The third kappa shape index (κ3) is 5.91. The first kappa shape index (κ1) is 26.5. The summed E-state index contributed by atoms with van der Waals surface area (Å²) in [4.78, 5) is 12.8. The summed E-state index contributed by atoms with van der Waals surface area (Å²) in [6.45, 7) is 16.2. The fourth-order valence-electron chi connectivity index (χ4n) is 4.11. The van der Waals surface area contributed by atoms with Gasteiger partial charge in [0.05, 0.1) is 29.3 Å². The van der Waals surface area contributed by atoms with Crippen LogP contribution in [-0.4, -0.2) is 35.4 Å². The Morgan fingerprint density at radius 2 is 1.38 bits per heavy atom. The van der Waals surface area contributed by atoms with E-state index in [2.05, 4.69) is 31.3 Å². The fraction of sp³-hybridized carbons (Fsp3) is 0.536. The van der Waals surface area contributed by atoms with E-state index in [-0.39, 0.29) is 11.8 Å². The molecular formula is C28H40BNO4. The summed E-state index contributed by atoms with van der Waals surface area (Å²) in [5, 5.41) is 13.8. The van der Waals surface area contributed by atoms with Gasteiger partial charge in [-0.15, -0.1) is 0 Å². The minimum Gasteiger partial charge on any atom is -0.399 e. The maximum absolute atomic E-state index is 12.8. The molecule has 0 bridgehead atoms. The number of benzene rings is 2. The van der Waals surface area contributed by atoms with Crippen LogP contribution in [0.15, 0.2) is 48.5 Å². The van der Waals surface area contributed by atoms with Crippen molar-refractivity contribution in [3.05, 3.63) is 65.2 Å². The van der Waals surface area contributed by atoms with Crippen LogP contribution in [0.2, 0.25) is 0 Å². The van der Waals surface area contributed by atoms with Crippen LogP contribution < -0.4 is 10.8 Å². The largest absolute Gasteiger partial charge is 0.494 e. The van der Waals surface area contributed by atoms with Crippen molar-refractivity contribution in [1.82, 2.24) is 5.32 Å². The maximum atomic E-state index is 12.8. The Bertz CT molecular complexity index is 953. The zero-order valence-corrected chi connectivity index (χ0v) is 21.9. The normalized spacial score (nSPS) is 19.6. The zero-order valence-electron chi connectivity index (χ0n) is 21.9. The molecule has 1 fully saturated rings. The fourth-order valence-corrected chi connectivity index (χ4v) is 4.11. The summed E-state index contributed by atoms with van der Waals surface area (Å²) in [6.07, 6.45) is 0.203. The molecule has 0 aromatic heterocycles. The second-order valence-electron chi connectivity index (χ2n) is 11.1. The molecule has 1 heterocycles. The van der Waals surface area contributed by atoms with Crippen molar-refractivity contribution in [2.45, 2.75) is 91.1 Å². The standard InChI is InChI=1S/C28H40BNO4/c1-18(2)17-21-9-11-22(12-10-21)19(3)26(32)30-20(4)25(31)23-13-15-24(16-14-23)29-33-27(5,6)28(7,8)34-29/h9-16,18-20,25,31H,17H2,1-8H3,(H,30,32). The van der Waals surface area contributed by atoms with Crippen LogP contribution >= 0.6 is 0 Å². The average molecular weight is 465 g/mol. The quantitative estimate of drug-likeness (QED) is 0.563. The Morgan fingerprint density at radius 1 is 0.882 bits per heavy atom. The van der Waals surface area contributed by atoms with Crippen LogP contribution in [0.3, 0.4) is 0 Å². The number of hydrogen-bond acceptors (Lipinski definition) is 4. The molecule has 2 N–H and O–H groups in total. The number of carbonyl (C=O) groups is 1. The highest BCUT2D eigenvalue weighted by Crippen LogP contribution is 2.36. The van der Waals surface area contributed by atoms with E-state index >= 15 is 0 Å². The Balaban J connectivity index is 1.59. The highest BCUT2D eigenvalue weighted by molar-refractivity contribution is 6.62. The first-order valence-electron chi connectivity index (χ1n) is 12.3. The van der Waals surface area contributed by atoms with Gasteiger partial charge in [0.25, 0.3) is 0 Å². The number of aliphatic hydroxyl groups is 1. The van der Waals surface area contributed by atoms with Gasteiger partial charge in [-0.05, 0) is 76.0 Å². The Kier molecular flexibility index (Phi) is 7.96. The Labute approximate surface area is 205 Å². The SMILES string of the molecule is CC(C)Cc1ccc(C(C)C(=O)NC(C)C(O)c2ccc(B3OC(C)(C)C(C)(C)O3)cc2)cc1. The predicted molar refractivity (Wildman–Crippen MR) is 138 cm³/mol. The molecule has 0 saturated carbocycles. The molecule has 0 spiro atoms. The molecule has 1 aliphatic rings. The molecule has 3 atom stereocenters. The molecule has 3 rings (SSSR count). The second-order valence-corrected chi connectivity index (χ2v) is 11.1. The highest BCUT2D eigenvalue weighted by atomic mass is 16.7. The average Bonchev–Trinajstić information content (AvgIpc) is 2.99. The lowest BCUT2D eigenvalue weighted by Gasteiger charge is -2.32. The number of carbonyl (C=O) groups excluding carboxylic acids is 1.